The number of piperidine rings is 1. The summed E-state index contributed by atoms with van der Waals surface area (Å²) in [6.45, 7) is 3.93. The third kappa shape index (κ3) is 3.61. The number of nitrogens with two attached hydrogens (primary N) is 1. The molecule has 0 radical (unpaired) electrons. The Morgan fingerprint density at radius 1 is 1.40 bits per heavy atom. The van der Waals surface area contributed by atoms with Crippen molar-refractivity contribution >= 4 is 23.7 Å². The van der Waals surface area contributed by atoms with Crippen molar-refractivity contribution in [1.29, 1.82) is 0 Å². The number of rotatable bonds is 4. The Labute approximate surface area is 129 Å². The SMILES string of the molecule is Cl.NCC1CCN(Cc2cc(-c3cccs3)on2)CC1. The molecule has 1 aliphatic heterocycles. The highest BCUT2D eigenvalue weighted by Crippen LogP contribution is 2.26. The third-order valence-corrected chi connectivity index (χ3v) is 4.63. The summed E-state index contributed by atoms with van der Waals surface area (Å²) >= 11 is 1.68. The van der Waals surface area contributed by atoms with E-state index in [-0.39, 0.29) is 12.4 Å². The molecule has 1 saturated heterocycles. The fourth-order valence-electron chi connectivity index (χ4n) is 2.53. The summed E-state index contributed by atoms with van der Waals surface area (Å²) in [6.07, 6.45) is 2.40. The van der Waals surface area contributed by atoms with E-state index in [0.29, 0.717) is 5.92 Å². The molecule has 3 heterocycles. The number of hydrogen-bond donors (Lipinski definition) is 1. The Bertz CT molecular complexity index is 506. The van der Waals surface area contributed by atoms with Crippen LogP contribution < -0.4 is 5.73 Å². The Kier molecular flexibility index (Phi) is 5.60. The lowest BCUT2D eigenvalue weighted by molar-refractivity contribution is 0.176. The monoisotopic (exact) mass is 313 g/mol. The Balaban J connectivity index is 0.00000147. The van der Waals surface area contributed by atoms with E-state index in [0.717, 1.165) is 42.5 Å². The predicted molar refractivity (Wildman–Crippen MR) is 84.1 cm³/mol. The van der Waals surface area contributed by atoms with Crippen molar-refractivity contribution in [2.45, 2.75) is 19.4 Å². The summed E-state index contributed by atoms with van der Waals surface area (Å²) in [5.41, 5.74) is 6.74. The molecule has 2 N–H and O–H groups in total. The molecule has 110 valence electrons. The Morgan fingerprint density at radius 2 is 2.20 bits per heavy atom. The first-order valence-corrected chi connectivity index (χ1v) is 7.65. The highest BCUT2D eigenvalue weighted by atomic mass is 35.5. The van der Waals surface area contributed by atoms with Gasteiger partial charge in [-0.15, -0.1) is 23.7 Å². The summed E-state index contributed by atoms with van der Waals surface area (Å²) in [5.74, 6) is 1.58. The number of nitrogens with zero attached hydrogens (tertiary/aromatic N) is 2. The predicted octanol–water partition coefficient (Wildman–Crippen LogP) is 3.00. The minimum atomic E-state index is 0. The molecule has 2 aromatic heterocycles. The van der Waals surface area contributed by atoms with Crippen molar-refractivity contribution in [3.8, 4) is 10.6 Å². The van der Waals surface area contributed by atoms with Crippen LogP contribution in [0.4, 0.5) is 0 Å². The number of thiophene rings is 1. The fraction of sp³-hybridized carbons (Fsp3) is 0.500. The van der Waals surface area contributed by atoms with E-state index < -0.39 is 0 Å². The maximum absolute atomic E-state index is 5.71. The first kappa shape index (κ1) is 15.5. The van der Waals surface area contributed by atoms with Crippen molar-refractivity contribution in [3.63, 3.8) is 0 Å². The zero-order chi connectivity index (χ0) is 13.1. The number of halogens is 1. The topological polar surface area (TPSA) is 55.3 Å². The molecule has 0 aromatic carbocycles. The minimum Gasteiger partial charge on any atom is -0.355 e. The zero-order valence-corrected chi connectivity index (χ0v) is 13.0. The first-order valence-electron chi connectivity index (χ1n) is 6.77. The van der Waals surface area contributed by atoms with Gasteiger partial charge < -0.3 is 10.3 Å². The van der Waals surface area contributed by atoms with Gasteiger partial charge in [-0.3, -0.25) is 4.90 Å². The van der Waals surface area contributed by atoms with Crippen LogP contribution in [0.1, 0.15) is 18.5 Å². The Morgan fingerprint density at radius 3 is 2.85 bits per heavy atom. The highest BCUT2D eigenvalue weighted by Gasteiger charge is 2.19. The van der Waals surface area contributed by atoms with Crippen LogP contribution in [0, 0.1) is 5.92 Å². The summed E-state index contributed by atoms with van der Waals surface area (Å²) < 4.78 is 5.41. The van der Waals surface area contributed by atoms with Gasteiger partial charge in [0.05, 0.1) is 10.6 Å². The van der Waals surface area contributed by atoms with Crippen LogP contribution in [0.3, 0.4) is 0 Å². The molecule has 0 saturated carbocycles. The van der Waals surface area contributed by atoms with Gasteiger partial charge in [-0.25, -0.2) is 0 Å². The molecule has 0 bridgehead atoms. The van der Waals surface area contributed by atoms with Crippen LogP contribution in [-0.4, -0.2) is 29.7 Å². The molecule has 0 amide bonds. The van der Waals surface area contributed by atoms with Crippen LogP contribution in [0.15, 0.2) is 28.1 Å². The van der Waals surface area contributed by atoms with Crippen molar-refractivity contribution in [1.82, 2.24) is 10.1 Å². The average molecular weight is 314 g/mol. The van der Waals surface area contributed by atoms with Crippen LogP contribution in [0.5, 0.6) is 0 Å². The van der Waals surface area contributed by atoms with Gasteiger partial charge >= 0.3 is 0 Å². The molecule has 0 spiro atoms. The normalized spacial score (nSPS) is 17.1. The van der Waals surface area contributed by atoms with Gasteiger partial charge in [-0.05, 0) is 49.8 Å². The molecule has 20 heavy (non-hydrogen) atoms. The lowest BCUT2D eigenvalue weighted by Crippen LogP contribution is -2.35. The lowest BCUT2D eigenvalue weighted by atomic mass is 9.97. The fourth-order valence-corrected chi connectivity index (χ4v) is 3.20. The average Bonchev–Trinajstić information content (AvgIpc) is 3.10. The van der Waals surface area contributed by atoms with Crippen molar-refractivity contribution in [3.05, 3.63) is 29.3 Å². The second-order valence-electron chi connectivity index (χ2n) is 5.12. The van der Waals surface area contributed by atoms with Crippen LogP contribution in [0.2, 0.25) is 0 Å². The zero-order valence-electron chi connectivity index (χ0n) is 11.3. The lowest BCUT2D eigenvalue weighted by Gasteiger charge is -2.30. The van der Waals surface area contributed by atoms with E-state index >= 15 is 0 Å². The van der Waals surface area contributed by atoms with Gasteiger partial charge in [-0.2, -0.15) is 0 Å². The van der Waals surface area contributed by atoms with Crippen molar-refractivity contribution < 1.29 is 4.52 Å². The van der Waals surface area contributed by atoms with E-state index in [9.17, 15) is 0 Å². The smallest absolute Gasteiger partial charge is 0.177 e. The molecule has 0 aliphatic carbocycles. The maximum Gasteiger partial charge on any atom is 0.177 e. The van der Waals surface area contributed by atoms with Gasteiger partial charge in [0.2, 0.25) is 0 Å². The van der Waals surface area contributed by atoms with E-state index in [4.69, 9.17) is 10.3 Å². The number of aromatic nitrogens is 1. The second-order valence-corrected chi connectivity index (χ2v) is 6.06. The number of hydrogen-bond acceptors (Lipinski definition) is 5. The van der Waals surface area contributed by atoms with Crippen LogP contribution >= 0.6 is 23.7 Å². The van der Waals surface area contributed by atoms with E-state index in [1.807, 2.05) is 6.07 Å². The molecular weight excluding hydrogens is 294 g/mol. The largest absolute Gasteiger partial charge is 0.355 e. The van der Waals surface area contributed by atoms with Gasteiger partial charge in [0.25, 0.3) is 0 Å². The standard InChI is InChI=1S/C14H19N3OS.ClH/c15-9-11-3-5-17(6-4-11)10-12-8-13(18-16-12)14-2-1-7-19-14;/h1-2,7-8,11H,3-6,9-10,15H2;1H. The minimum absolute atomic E-state index is 0. The van der Waals surface area contributed by atoms with E-state index in [2.05, 4.69) is 27.6 Å². The molecule has 4 nitrogen and oxygen atoms in total. The highest BCUT2D eigenvalue weighted by molar-refractivity contribution is 7.13. The van der Waals surface area contributed by atoms with Crippen LogP contribution in [-0.2, 0) is 6.54 Å². The van der Waals surface area contributed by atoms with Gasteiger partial charge in [0.15, 0.2) is 5.76 Å². The summed E-state index contributed by atoms with van der Waals surface area (Å²) in [6, 6.07) is 6.14. The van der Waals surface area contributed by atoms with Crippen molar-refractivity contribution in [2.75, 3.05) is 19.6 Å². The summed E-state index contributed by atoms with van der Waals surface area (Å²) in [7, 11) is 0. The van der Waals surface area contributed by atoms with Crippen LogP contribution in [0.25, 0.3) is 10.6 Å². The molecule has 2 aromatic rings. The third-order valence-electron chi connectivity index (χ3n) is 3.75. The van der Waals surface area contributed by atoms with E-state index in [1.165, 1.54) is 12.8 Å². The Hall–Kier alpha value is -0.880. The first-order chi connectivity index (χ1) is 9.35. The molecule has 1 aliphatic rings. The molecule has 1 fully saturated rings. The van der Waals surface area contributed by atoms with Crippen molar-refractivity contribution in [2.24, 2.45) is 11.7 Å². The molecule has 0 atom stereocenters. The van der Waals surface area contributed by atoms with Gasteiger partial charge in [-0.1, -0.05) is 11.2 Å². The van der Waals surface area contributed by atoms with Gasteiger partial charge in [0, 0.05) is 12.6 Å². The summed E-state index contributed by atoms with van der Waals surface area (Å²) in [4.78, 5) is 3.57. The second kappa shape index (κ2) is 7.22. The molecule has 3 rings (SSSR count). The van der Waals surface area contributed by atoms with E-state index in [1.54, 1.807) is 11.3 Å². The number of likely N-dealkylation sites (tertiary alicyclic amines) is 1. The molecule has 6 heteroatoms. The quantitative estimate of drug-likeness (QED) is 0.942. The maximum atomic E-state index is 5.71. The molecule has 0 unspecified atom stereocenters. The molecular formula is C14H20ClN3OS. The van der Waals surface area contributed by atoms with Gasteiger partial charge in [0.1, 0.15) is 0 Å². The summed E-state index contributed by atoms with van der Waals surface area (Å²) in [5, 5.41) is 6.22.